The summed E-state index contributed by atoms with van der Waals surface area (Å²) >= 11 is 8.38. The zero-order chi connectivity index (χ0) is 12.6. The Morgan fingerprint density at radius 2 is 2.00 bits per heavy atom. The molecule has 0 aliphatic carbocycles. The molecule has 0 saturated carbocycles. The van der Waals surface area contributed by atoms with E-state index in [4.69, 9.17) is 16.6 Å². The molecule has 2 aromatic rings. The summed E-state index contributed by atoms with van der Waals surface area (Å²) in [6.07, 6.45) is 0. The first-order valence-corrected chi connectivity index (χ1v) is 6.96. The van der Waals surface area contributed by atoms with Gasteiger partial charge in [-0.2, -0.15) is 0 Å². The first-order chi connectivity index (χ1) is 8.02. The molecule has 1 aromatic heterocycles. The maximum absolute atomic E-state index is 6.09. The van der Waals surface area contributed by atoms with Crippen molar-refractivity contribution in [1.82, 2.24) is 4.98 Å². The predicted molar refractivity (Wildman–Crippen MR) is 83.1 cm³/mol. The van der Waals surface area contributed by atoms with E-state index in [1.165, 1.54) is 0 Å². The molecule has 0 aliphatic heterocycles. The van der Waals surface area contributed by atoms with Gasteiger partial charge < -0.3 is 5.32 Å². The molecule has 90 valence electrons. The Bertz CT molecular complexity index is 567. The highest BCUT2D eigenvalue weighted by Gasteiger charge is 2.10. The van der Waals surface area contributed by atoms with Crippen LogP contribution in [0.1, 0.15) is 25.5 Å². The lowest BCUT2D eigenvalue weighted by atomic mass is 10.1. The molecular weight excluding hydrogens is 347 g/mol. The molecule has 0 unspecified atom stereocenters. The van der Waals surface area contributed by atoms with Crippen LogP contribution >= 0.6 is 34.2 Å². The highest BCUT2D eigenvalue weighted by Crippen LogP contribution is 2.31. The van der Waals surface area contributed by atoms with Crippen LogP contribution in [0, 0.1) is 3.57 Å². The van der Waals surface area contributed by atoms with Crippen molar-refractivity contribution in [2.75, 3.05) is 12.4 Å². The van der Waals surface area contributed by atoms with Gasteiger partial charge in [-0.05, 0) is 46.7 Å². The number of pyridine rings is 1. The highest BCUT2D eigenvalue weighted by atomic mass is 127. The van der Waals surface area contributed by atoms with E-state index in [0.717, 1.165) is 30.9 Å². The molecule has 0 radical (unpaired) electrons. The SMILES string of the molecule is CNc1cc(C(C)C)nc2c(I)cc(Cl)cc12. The van der Waals surface area contributed by atoms with Gasteiger partial charge in [0.25, 0.3) is 0 Å². The molecule has 0 saturated heterocycles. The van der Waals surface area contributed by atoms with Crippen LogP contribution in [-0.2, 0) is 0 Å². The van der Waals surface area contributed by atoms with Crippen molar-refractivity contribution in [3.63, 3.8) is 0 Å². The molecule has 17 heavy (non-hydrogen) atoms. The molecule has 0 aliphatic rings. The van der Waals surface area contributed by atoms with E-state index in [9.17, 15) is 0 Å². The average molecular weight is 361 g/mol. The molecule has 1 N–H and O–H groups in total. The van der Waals surface area contributed by atoms with E-state index in [1.54, 1.807) is 0 Å². The number of aromatic nitrogens is 1. The fourth-order valence-corrected chi connectivity index (χ4v) is 2.92. The molecule has 0 spiro atoms. The fourth-order valence-electron chi connectivity index (χ4n) is 1.77. The number of nitrogens with one attached hydrogen (secondary N) is 1. The molecule has 0 bridgehead atoms. The van der Waals surface area contributed by atoms with Crippen LogP contribution in [-0.4, -0.2) is 12.0 Å². The van der Waals surface area contributed by atoms with E-state index in [0.29, 0.717) is 5.92 Å². The van der Waals surface area contributed by atoms with Gasteiger partial charge in [-0.15, -0.1) is 0 Å². The Kier molecular flexibility index (Phi) is 3.78. The van der Waals surface area contributed by atoms with Gasteiger partial charge >= 0.3 is 0 Å². The number of fused-ring (bicyclic) bond motifs is 1. The average Bonchev–Trinajstić information content (AvgIpc) is 2.27. The lowest BCUT2D eigenvalue weighted by Gasteiger charge is -2.12. The summed E-state index contributed by atoms with van der Waals surface area (Å²) in [7, 11) is 1.92. The topological polar surface area (TPSA) is 24.9 Å². The minimum absolute atomic E-state index is 0.415. The normalized spacial score (nSPS) is 11.2. The molecule has 0 amide bonds. The van der Waals surface area contributed by atoms with Crippen molar-refractivity contribution in [3.8, 4) is 0 Å². The van der Waals surface area contributed by atoms with Crippen molar-refractivity contribution in [3.05, 3.63) is 32.5 Å². The Balaban J connectivity index is 2.82. The van der Waals surface area contributed by atoms with Crippen molar-refractivity contribution in [1.29, 1.82) is 0 Å². The number of anilines is 1. The van der Waals surface area contributed by atoms with Crippen molar-refractivity contribution in [2.24, 2.45) is 0 Å². The summed E-state index contributed by atoms with van der Waals surface area (Å²) < 4.78 is 1.09. The molecule has 0 atom stereocenters. The highest BCUT2D eigenvalue weighted by molar-refractivity contribution is 14.1. The van der Waals surface area contributed by atoms with Gasteiger partial charge in [-0.1, -0.05) is 25.4 Å². The zero-order valence-corrected chi connectivity index (χ0v) is 12.9. The lowest BCUT2D eigenvalue weighted by Crippen LogP contribution is -1.99. The van der Waals surface area contributed by atoms with E-state index >= 15 is 0 Å². The number of hydrogen-bond donors (Lipinski definition) is 1. The predicted octanol–water partition coefficient (Wildman–Crippen LogP) is 4.66. The number of benzene rings is 1. The van der Waals surface area contributed by atoms with Crippen LogP contribution in [0.15, 0.2) is 18.2 Å². The molecule has 1 aromatic carbocycles. The Hall–Kier alpha value is -0.550. The van der Waals surface area contributed by atoms with Crippen LogP contribution in [0.25, 0.3) is 10.9 Å². The number of rotatable bonds is 2. The second-order valence-corrected chi connectivity index (χ2v) is 5.88. The van der Waals surface area contributed by atoms with Crippen LogP contribution in [0.5, 0.6) is 0 Å². The van der Waals surface area contributed by atoms with Crippen LogP contribution < -0.4 is 5.32 Å². The monoisotopic (exact) mass is 360 g/mol. The molecule has 2 rings (SSSR count). The summed E-state index contributed by atoms with van der Waals surface area (Å²) in [6, 6.07) is 6.00. The number of nitrogens with zero attached hydrogens (tertiary/aromatic N) is 1. The Labute approximate surface area is 120 Å². The van der Waals surface area contributed by atoms with Gasteiger partial charge in [0.05, 0.1) is 5.52 Å². The van der Waals surface area contributed by atoms with Gasteiger partial charge in [-0.25, -0.2) is 0 Å². The van der Waals surface area contributed by atoms with Crippen molar-refractivity contribution < 1.29 is 0 Å². The fraction of sp³-hybridized carbons (Fsp3) is 0.308. The number of hydrogen-bond acceptors (Lipinski definition) is 2. The van der Waals surface area contributed by atoms with Crippen molar-refractivity contribution in [2.45, 2.75) is 19.8 Å². The minimum atomic E-state index is 0.415. The second-order valence-electron chi connectivity index (χ2n) is 4.28. The van der Waals surface area contributed by atoms with Crippen LogP contribution in [0.4, 0.5) is 5.69 Å². The van der Waals surface area contributed by atoms with E-state index < -0.39 is 0 Å². The second kappa shape index (κ2) is 4.98. The Morgan fingerprint density at radius 3 is 2.59 bits per heavy atom. The van der Waals surface area contributed by atoms with Crippen LogP contribution in [0.2, 0.25) is 5.02 Å². The van der Waals surface area contributed by atoms with Gasteiger partial charge in [0.15, 0.2) is 0 Å². The molecule has 1 heterocycles. The largest absolute Gasteiger partial charge is 0.388 e. The maximum atomic E-state index is 6.09. The summed E-state index contributed by atoms with van der Waals surface area (Å²) in [6.45, 7) is 4.30. The van der Waals surface area contributed by atoms with Gasteiger partial charge in [0.1, 0.15) is 0 Å². The van der Waals surface area contributed by atoms with Gasteiger partial charge in [0.2, 0.25) is 0 Å². The Morgan fingerprint density at radius 1 is 1.29 bits per heavy atom. The summed E-state index contributed by atoms with van der Waals surface area (Å²) in [4.78, 5) is 4.72. The van der Waals surface area contributed by atoms with E-state index in [2.05, 4.69) is 47.8 Å². The van der Waals surface area contributed by atoms with Crippen molar-refractivity contribution >= 4 is 50.8 Å². The van der Waals surface area contributed by atoms with E-state index in [1.807, 2.05) is 19.2 Å². The molecule has 2 nitrogen and oxygen atoms in total. The minimum Gasteiger partial charge on any atom is -0.388 e. The summed E-state index contributed by atoms with van der Waals surface area (Å²) in [5, 5.41) is 5.04. The van der Waals surface area contributed by atoms with E-state index in [-0.39, 0.29) is 0 Å². The lowest BCUT2D eigenvalue weighted by molar-refractivity contribution is 0.830. The first kappa shape index (κ1) is 12.9. The first-order valence-electron chi connectivity index (χ1n) is 5.50. The summed E-state index contributed by atoms with van der Waals surface area (Å²) in [5.74, 6) is 0.415. The van der Waals surface area contributed by atoms with Gasteiger partial charge in [-0.3, -0.25) is 4.98 Å². The third-order valence-corrected chi connectivity index (χ3v) is 3.75. The third-order valence-electron chi connectivity index (χ3n) is 2.71. The molecule has 0 fully saturated rings. The smallest absolute Gasteiger partial charge is 0.0860 e. The van der Waals surface area contributed by atoms with Gasteiger partial charge in [0, 0.05) is 32.4 Å². The zero-order valence-electron chi connectivity index (χ0n) is 10.0. The van der Waals surface area contributed by atoms with Crippen LogP contribution in [0.3, 0.4) is 0 Å². The number of halogens is 2. The summed E-state index contributed by atoms with van der Waals surface area (Å²) in [5.41, 5.74) is 3.20. The molecule has 4 heteroatoms. The molecular formula is C13H14ClIN2. The third kappa shape index (κ3) is 2.50. The maximum Gasteiger partial charge on any atom is 0.0860 e. The quantitative estimate of drug-likeness (QED) is 0.788. The standard InChI is InChI=1S/C13H14ClIN2/c1-7(2)11-6-12(16-3)9-4-8(14)5-10(15)13(9)17-11/h4-7H,1-3H3,(H,16,17).